The van der Waals surface area contributed by atoms with Crippen LogP contribution in [0, 0.1) is 0 Å². The second-order valence-corrected chi connectivity index (χ2v) is 19.1. The average molecular weight is 903 g/mol. The second-order valence-electron chi connectivity index (χ2n) is 18.1. The van der Waals surface area contributed by atoms with Crippen molar-refractivity contribution in [3.63, 3.8) is 0 Å². The highest BCUT2D eigenvalue weighted by atomic mass is 32.1. The third-order valence-electron chi connectivity index (χ3n) is 14.0. The molecule has 0 fully saturated rings. The molecular weight excluding hydrogens is 857 g/mol. The normalized spacial score (nSPS) is 17.1. The van der Waals surface area contributed by atoms with Gasteiger partial charge in [0.15, 0.2) is 5.84 Å². The van der Waals surface area contributed by atoms with Gasteiger partial charge in [0.1, 0.15) is 5.01 Å². The third kappa shape index (κ3) is 7.52. The monoisotopic (exact) mass is 902 g/mol. The fraction of sp³-hybridized carbons (Fsp3) is 0.0781. The number of benzene rings is 9. The van der Waals surface area contributed by atoms with Crippen LogP contribution < -0.4 is 0 Å². The molecule has 69 heavy (non-hydrogen) atoms. The standard InChI is InChI=1S/C64H46N4S/c1-4-15-42(16-5-1)43-27-29-45(30-28-43)57-24-14-25-58(66-63(65-57)46-17-6-2-7-18-46)53-37-39-55-52(50-21-10-11-22-51(50)53)36-38-56-54-23-12-13-26-60(54)68(62(55)56)49-34-31-44(32-35-49)48-33-40-61-59(41-48)67-64(69-61)47-19-8-3-9-20-47/h1-13,15-23,25-36,38,40-41,53H,14,24,37,39H2/b58-25-,65-57+,66-63-. The van der Waals surface area contributed by atoms with E-state index in [2.05, 4.69) is 229 Å². The Balaban J connectivity index is 0.879. The Morgan fingerprint density at radius 2 is 1.12 bits per heavy atom. The summed E-state index contributed by atoms with van der Waals surface area (Å²) in [6, 6.07) is 78.8. The summed E-state index contributed by atoms with van der Waals surface area (Å²) < 4.78 is 3.71. The minimum absolute atomic E-state index is 0.0835. The van der Waals surface area contributed by atoms with Crippen LogP contribution in [0.2, 0.25) is 0 Å². The maximum absolute atomic E-state index is 5.58. The summed E-state index contributed by atoms with van der Waals surface area (Å²) in [5.74, 6) is 0.845. The molecule has 0 spiro atoms. The van der Waals surface area contributed by atoms with Crippen LogP contribution in [0.25, 0.3) is 81.7 Å². The summed E-state index contributed by atoms with van der Waals surface area (Å²) >= 11 is 1.74. The van der Waals surface area contributed by atoms with Gasteiger partial charge in [-0.15, -0.1) is 11.3 Å². The van der Waals surface area contributed by atoms with Crippen LogP contribution in [-0.2, 0) is 6.42 Å². The fourth-order valence-electron chi connectivity index (χ4n) is 10.7. The highest BCUT2D eigenvalue weighted by Gasteiger charge is 2.29. The molecule has 0 N–H and O–H groups in total. The Labute approximate surface area is 406 Å². The van der Waals surface area contributed by atoms with Gasteiger partial charge in [-0.1, -0.05) is 194 Å². The number of amidine groups is 1. The number of hydrogen-bond donors (Lipinski definition) is 0. The van der Waals surface area contributed by atoms with Crippen molar-refractivity contribution in [1.82, 2.24) is 9.55 Å². The molecule has 1 unspecified atom stereocenters. The number of hydrogen-bond acceptors (Lipinski definition) is 4. The predicted molar refractivity (Wildman–Crippen MR) is 290 cm³/mol. The number of para-hydroxylation sites is 1. The topological polar surface area (TPSA) is 42.5 Å². The SMILES string of the molecule is C1=C(C2CCc3c(ccc4c5ccccc5n(-c5ccc(-c6ccc7sc(-c8ccccc8)nc7c6)cc5)c34)-c3ccccc32)/N=C(c2ccccc2)\N=C(\c2ccc(-c3ccccc3)cc2)CC\1. The Bertz CT molecular complexity index is 3800. The summed E-state index contributed by atoms with van der Waals surface area (Å²) in [4.78, 5) is 16.1. The lowest BCUT2D eigenvalue weighted by molar-refractivity contribution is 0.701. The zero-order chi connectivity index (χ0) is 45.7. The lowest BCUT2D eigenvalue weighted by Crippen LogP contribution is -2.12. The Hall–Kier alpha value is -8.25. The molecule has 0 amide bonds. The molecule has 1 aliphatic carbocycles. The molecule has 0 radical (unpaired) electrons. The molecule has 0 saturated heterocycles. The van der Waals surface area contributed by atoms with Crippen molar-refractivity contribution >= 4 is 54.9 Å². The van der Waals surface area contributed by atoms with Crippen molar-refractivity contribution in [3.8, 4) is 49.6 Å². The van der Waals surface area contributed by atoms with E-state index in [0.29, 0.717) is 0 Å². The summed E-state index contributed by atoms with van der Waals surface area (Å²) in [5.41, 5.74) is 20.2. The molecule has 5 heteroatoms. The van der Waals surface area contributed by atoms with E-state index in [0.717, 1.165) is 75.8 Å². The van der Waals surface area contributed by atoms with E-state index < -0.39 is 0 Å². The number of allylic oxidation sites excluding steroid dienone is 2. The largest absolute Gasteiger partial charge is 0.309 e. The Kier molecular flexibility index (Phi) is 10.4. The predicted octanol–water partition coefficient (Wildman–Crippen LogP) is 16.7. The van der Waals surface area contributed by atoms with Crippen LogP contribution in [0.1, 0.15) is 47.4 Å². The van der Waals surface area contributed by atoms with E-state index in [-0.39, 0.29) is 5.92 Å². The van der Waals surface area contributed by atoms with Gasteiger partial charge in [-0.05, 0) is 106 Å². The molecule has 9 aromatic carbocycles. The quantitative estimate of drug-likeness (QED) is 0.157. The van der Waals surface area contributed by atoms with E-state index >= 15 is 0 Å². The van der Waals surface area contributed by atoms with E-state index in [1.165, 1.54) is 71.0 Å². The van der Waals surface area contributed by atoms with Gasteiger partial charge in [-0.3, -0.25) is 0 Å². The molecule has 11 aromatic rings. The van der Waals surface area contributed by atoms with Gasteiger partial charge >= 0.3 is 0 Å². The number of thiazole rings is 1. The number of aliphatic imine (C=N–C) groups is 2. The van der Waals surface area contributed by atoms with E-state index in [9.17, 15) is 0 Å². The smallest absolute Gasteiger partial charge is 0.159 e. The molecule has 13 rings (SSSR count). The summed E-state index contributed by atoms with van der Waals surface area (Å²) in [6.07, 6.45) is 5.89. The van der Waals surface area contributed by atoms with Gasteiger partial charge in [-0.25, -0.2) is 15.0 Å². The van der Waals surface area contributed by atoms with Gasteiger partial charge in [0.05, 0.1) is 27.0 Å². The minimum atomic E-state index is 0.0835. The van der Waals surface area contributed by atoms with Crippen molar-refractivity contribution in [2.24, 2.45) is 9.98 Å². The Morgan fingerprint density at radius 3 is 1.91 bits per heavy atom. The van der Waals surface area contributed by atoms with Gasteiger partial charge < -0.3 is 4.57 Å². The molecule has 1 atom stereocenters. The third-order valence-corrected chi connectivity index (χ3v) is 15.1. The first-order valence-corrected chi connectivity index (χ1v) is 24.8. The van der Waals surface area contributed by atoms with Crippen LogP contribution in [0.5, 0.6) is 0 Å². The van der Waals surface area contributed by atoms with Gasteiger partial charge in [-0.2, -0.15) is 0 Å². The fourth-order valence-corrected chi connectivity index (χ4v) is 11.6. The molecule has 0 bridgehead atoms. The first-order chi connectivity index (χ1) is 34.2. The number of nitrogens with zero attached hydrogens (tertiary/aromatic N) is 4. The Morgan fingerprint density at radius 1 is 0.478 bits per heavy atom. The van der Waals surface area contributed by atoms with Crippen LogP contribution in [0.4, 0.5) is 0 Å². The van der Waals surface area contributed by atoms with Crippen LogP contribution in [-0.4, -0.2) is 21.1 Å². The van der Waals surface area contributed by atoms with Gasteiger partial charge in [0.2, 0.25) is 0 Å². The summed E-state index contributed by atoms with van der Waals surface area (Å²) in [5, 5.41) is 3.59. The minimum Gasteiger partial charge on any atom is -0.309 e. The maximum atomic E-state index is 5.58. The van der Waals surface area contributed by atoms with Gasteiger partial charge in [0, 0.05) is 39.2 Å². The van der Waals surface area contributed by atoms with E-state index in [1.807, 2.05) is 0 Å². The number of fused-ring (bicyclic) bond motifs is 8. The molecule has 0 saturated carbocycles. The zero-order valence-electron chi connectivity index (χ0n) is 38.0. The molecule has 2 aliphatic rings. The number of aryl methyl sites for hydroxylation is 1. The van der Waals surface area contributed by atoms with Crippen LogP contribution >= 0.6 is 11.3 Å². The van der Waals surface area contributed by atoms with E-state index in [1.54, 1.807) is 11.3 Å². The lowest BCUT2D eigenvalue weighted by Gasteiger charge is -2.21. The maximum Gasteiger partial charge on any atom is 0.159 e. The number of aromatic nitrogens is 2. The van der Waals surface area contributed by atoms with Crippen LogP contribution in [0.3, 0.4) is 0 Å². The summed E-state index contributed by atoms with van der Waals surface area (Å²) in [7, 11) is 0. The molecular formula is C64H46N4S. The first kappa shape index (κ1) is 41.0. The van der Waals surface area contributed by atoms with Crippen molar-refractivity contribution < 1.29 is 0 Å². The van der Waals surface area contributed by atoms with Crippen molar-refractivity contribution in [1.29, 1.82) is 0 Å². The van der Waals surface area contributed by atoms with Crippen LogP contribution in [0.15, 0.2) is 240 Å². The lowest BCUT2D eigenvalue weighted by atomic mass is 9.88. The van der Waals surface area contributed by atoms with Gasteiger partial charge in [0.25, 0.3) is 0 Å². The highest BCUT2D eigenvalue weighted by Crippen LogP contribution is 2.47. The molecule has 1 aliphatic heterocycles. The summed E-state index contributed by atoms with van der Waals surface area (Å²) in [6.45, 7) is 0. The average Bonchev–Trinajstić information content (AvgIpc) is 3.95. The number of rotatable bonds is 7. The van der Waals surface area contributed by atoms with Crippen molar-refractivity contribution in [2.75, 3.05) is 0 Å². The second kappa shape index (κ2) is 17.4. The highest BCUT2D eigenvalue weighted by molar-refractivity contribution is 7.21. The molecule has 328 valence electrons. The molecule has 2 aromatic heterocycles. The first-order valence-electron chi connectivity index (χ1n) is 24.0. The van der Waals surface area contributed by atoms with E-state index in [4.69, 9.17) is 15.0 Å². The van der Waals surface area contributed by atoms with Crippen molar-refractivity contribution in [3.05, 3.63) is 252 Å². The molecule has 4 nitrogen and oxygen atoms in total. The zero-order valence-corrected chi connectivity index (χ0v) is 38.8. The molecule has 3 heterocycles. The van der Waals surface area contributed by atoms with Crippen molar-refractivity contribution in [2.45, 2.75) is 31.6 Å².